The van der Waals surface area contributed by atoms with E-state index in [-0.39, 0.29) is 0 Å². The van der Waals surface area contributed by atoms with E-state index in [0.717, 1.165) is 10.6 Å². The number of carbonyl (C=O) groups excluding carboxylic acids is 1. The van der Waals surface area contributed by atoms with Crippen molar-refractivity contribution in [3.63, 3.8) is 0 Å². The van der Waals surface area contributed by atoms with E-state index in [1.807, 2.05) is 24.3 Å². The monoisotopic (exact) mass is 341 g/mol. The van der Waals surface area contributed by atoms with Crippen LogP contribution in [0.4, 0.5) is 4.79 Å². The maximum absolute atomic E-state index is 11.6. The van der Waals surface area contributed by atoms with E-state index in [0.29, 0.717) is 22.3 Å². The highest BCUT2D eigenvalue weighted by Gasteiger charge is 2.03. The highest BCUT2D eigenvalue weighted by Crippen LogP contribution is 2.21. The molecule has 2 aromatic rings. The average Bonchev–Trinajstić information content (AvgIpc) is 2.46. The van der Waals surface area contributed by atoms with E-state index in [1.165, 1.54) is 0 Å². The summed E-state index contributed by atoms with van der Waals surface area (Å²) in [5, 5.41) is 3.98. The van der Waals surface area contributed by atoms with Gasteiger partial charge in [0.15, 0.2) is 0 Å². The zero-order valence-electron chi connectivity index (χ0n) is 11.0. The number of amides is 1. The largest absolute Gasteiger partial charge is 0.412 e. The number of ether oxygens (including phenoxy) is 1. The Labute approximate surface area is 137 Å². The zero-order chi connectivity index (χ0) is 15.1. The zero-order valence-corrected chi connectivity index (χ0v) is 13.3. The molecule has 0 atom stereocenters. The Bertz CT molecular complexity index is 605. The van der Waals surface area contributed by atoms with E-state index in [1.54, 1.807) is 36.0 Å². The summed E-state index contributed by atoms with van der Waals surface area (Å²) in [6.45, 7) is 0.504. The van der Waals surface area contributed by atoms with Crippen LogP contribution in [0.5, 0.6) is 5.75 Å². The third kappa shape index (κ3) is 5.87. The maximum atomic E-state index is 11.6. The van der Waals surface area contributed by atoms with Crippen molar-refractivity contribution in [1.29, 1.82) is 0 Å². The first kappa shape index (κ1) is 16.0. The fraction of sp³-hybridized carbons (Fsp3) is 0.133. The highest BCUT2D eigenvalue weighted by molar-refractivity contribution is 7.99. The Hall–Kier alpha value is -1.36. The lowest BCUT2D eigenvalue weighted by Crippen LogP contribution is -2.28. The second kappa shape index (κ2) is 8.17. The number of hydrogen-bond acceptors (Lipinski definition) is 3. The first-order valence-electron chi connectivity index (χ1n) is 6.23. The Kier molecular flexibility index (Phi) is 6.23. The topological polar surface area (TPSA) is 38.3 Å². The van der Waals surface area contributed by atoms with Gasteiger partial charge in [0.1, 0.15) is 5.75 Å². The summed E-state index contributed by atoms with van der Waals surface area (Å²) < 4.78 is 5.10. The van der Waals surface area contributed by atoms with Gasteiger partial charge in [-0.15, -0.1) is 11.8 Å². The lowest BCUT2D eigenvalue weighted by Gasteiger charge is -2.06. The summed E-state index contributed by atoms with van der Waals surface area (Å²) in [5.74, 6) is 1.19. The predicted octanol–water partition coefficient (Wildman–Crippen LogP) is 4.87. The molecule has 2 aromatic carbocycles. The van der Waals surface area contributed by atoms with Gasteiger partial charge >= 0.3 is 6.09 Å². The fourth-order valence-electron chi connectivity index (χ4n) is 1.52. The molecule has 0 aromatic heterocycles. The first-order chi connectivity index (χ1) is 10.1. The molecule has 110 valence electrons. The quantitative estimate of drug-likeness (QED) is 0.622. The first-order valence-corrected chi connectivity index (χ1v) is 7.97. The molecule has 2 rings (SSSR count). The molecule has 0 fully saturated rings. The molecule has 0 bridgehead atoms. The van der Waals surface area contributed by atoms with Gasteiger partial charge in [0.05, 0.1) is 0 Å². The van der Waals surface area contributed by atoms with Gasteiger partial charge in [0.2, 0.25) is 0 Å². The van der Waals surface area contributed by atoms with Crippen LogP contribution < -0.4 is 10.1 Å². The van der Waals surface area contributed by atoms with Crippen molar-refractivity contribution in [2.24, 2.45) is 0 Å². The van der Waals surface area contributed by atoms with E-state index in [4.69, 9.17) is 27.9 Å². The molecule has 0 unspecified atom stereocenters. The normalized spacial score (nSPS) is 10.2. The maximum Gasteiger partial charge on any atom is 0.412 e. The molecule has 0 heterocycles. The minimum Gasteiger partial charge on any atom is -0.410 e. The molecule has 1 amide bonds. The summed E-state index contributed by atoms with van der Waals surface area (Å²) in [5.41, 5.74) is 0. The lowest BCUT2D eigenvalue weighted by atomic mass is 10.3. The minimum absolute atomic E-state index is 0.458. The third-order valence-corrected chi connectivity index (χ3v) is 3.94. The van der Waals surface area contributed by atoms with Crippen molar-refractivity contribution in [1.82, 2.24) is 5.32 Å². The molecular formula is C15H13Cl2NO2S. The van der Waals surface area contributed by atoms with Crippen LogP contribution in [0, 0.1) is 0 Å². The van der Waals surface area contributed by atoms with Gasteiger partial charge in [0, 0.05) is 27.2 Å². The predicted molar refractivity (Wildman–Crippen MR) is 87.7 cm³/mol. The van der Waals surface area contributed by atoms with E-state index < -0.39 is 6.09 Å². The Balaban J connectivity index is 1.68. The van der Waals surface area contributed by atoms with Gasteiger partial charge in [-0.3, -0.25) is 0 Å². The van der Waals surface area contributed by atoms with Crippen molar-refractivity contribution in [3.8, 4) is 5.75 Å². The standard InChI is InChI=1S/C15H13Cl2NO2S/c16-11-4-6-13(7-5-11)20-15(19)18-8-9-21-14-3-1-2-12(17)10-14/h1-7,10H,8-9H2,(H,18,19). The summed E-state index contributed by atoms with van der Waals surface area (Å²) in [7, 11) is 0. The number of carbonyl (C=O) groups is 1. The molecule has 0 spiro atoms. The van der Waals surface area contributed by atoms with E-state index in [2.05, 4.69) is 5.32 Å². The van der Waals surface area contributed by atoms with Crippen molar-refractivity contribution < 1.29 is 9.53 Å². The minimum atomic E-state index is -0.482. The summed E-state index contributed by atoms with van der Waals surface area (Å²) in [6, 6.07) is 14.2. The van der Waals surface area contributed by atoms with Gasteiger partial charge < -0.3 is 10.1 Å². The van der Waals surface area contributed by atoms with Crippen LogP contribution >= 0.6 is 35.0 Å². The van der Waals surface area contributed by atoms with Crippen molar-refractivity contribution in [2.75, 3.05) is 12.3 Å². The van der Waals surface area contributed by atoms with Crippen molar-refractivity contribution in [3.05, 3.63) is 58.6 Å². The van der Waals surface area contributed by atoms with Crippen LogP contribution in [0.25, 0.3) is 0 Å². The molecule has 0 aliphatic carbocycles. The SMILES string of the molecule is O=C(NCCSc1cccc(Cl)c1)Oc1ccc(Cl)cc1. The highest BCUT2D eigenvalue weighted by atomic mass is 35.5. The molecule has 0 saturated carbocycles. The summed E-state index contributed by atoms with van der Waals surface area (Å²) in [6.07, 6.45) is -0.482. The smallest absolute Gasteiger partial charge is 0.410 e. The molecule has 21 heavy (non-hydrogen) atoms. The van der Waals surface area contributed by atoms with Gasteiger partial charge in [-0.1, -0.05) is 29.3 Å². The average molecular weight is 342 g/mol. The number of nitrogens with one attached hydrogen (secondary N) is 1. The Morgan fingerprint density at radius 1 is 1.10 bits per heavy atom. The van der Waals surface area contributed by atoms with Crippen LogP contribution in [0.3, 0.4) is 0 Å². The van der Waals surface area contributed by atoms with Crippen LogP contribution in [0.2, 0.25) is 10.0 Å². The number of thioether (sulfide) groups is 1. The second-order valence-corrected chi connectivity index (χ2v) is 6.12. The molecule has 6 heteroatoms. The number of benzene rings is 2. The van der Waals surface area contributed by atoms with Gasteiger partial charge in [0.25, 0.3) is 0 Å². The van der Waals surface area contributed by atoms with Crippen LogP contribution in [-0.2, 0) is 0 Å². The van der Waals surface area contributed by atoms with Crippen LogP contribution in [0.15, 0.2) is 53.4 Å². The Morgan fingerprint density at radius 2 is 1.86 bits per heavy atom. The number of hydrogen-bond donors (Lipinski definition) is 1. The molecule has 0 saturated heterocycles. The number of rotatable bonds is 5. The number of halogens is 2. The van der Waals surface area contributed by atoms with Crippen molar-refractivity contribution >= 4 is 41.1 Å². The van der Waals surface area contributed by atoms with E-state index in [9.17, 15) is 4.79 Å². The van der Waals surface area contributed by atoms with Gasteiger partial charge in [-0.05, 0) is 42.5 Å². The molecule has 1 N–H and O–H groups in total. The molecule has 0 aliphatic heterocycles. The van der Waals surface area contributed by atoms with Gasteiger partial charge in [-0.25, -0.2) is 4.79 Å². The van der Waals surface area contributed by atoms with Gasteiger partial charge in [-0.2, -0.15) is 0 Å². The molecule has 0 radical (unpaired) electrons. The lowest BCUT2D eigenvalue weighted by molar-refractivity contribution is 0.201. The summed E-state index contributed by atoms with van der Waals surface area (Å²) >= 11 is 13.3. The molecule has 0 aliphatic rings. The Morgan fingerprint density at radius 3 is 2.57 bits per heavy atom. The van der Waals surface area contributed by atoms with Crippen LogP contribution in [0.1, 0.15) is 0 Å². The third-order valence-electron chi connectivity index (χ3n) is 2.46. The van der Waals surface area contributed by atoms with Crippen molar-refractivity contribution in [2.45, 2.75) is 4.90 Å². The second-order valence-electron chi connectivity index (χ2n) is 4.08. The summed E-state index contributed by atoms with van der Waals surface area (Å²) in [4.78, 5) is 12.6. The van der Waals surface area contributed by atoms with Crippen LogP contribution in [-0.4, -0.2) is 18.4 Å². The molecule has 3 nitrogen and oxygen atoms in total. The molecular weight excluding hydrogens is 329 g/mol. The fourth-order valence-corrected chi connectivity index (χ4v) is 2.73. The van der Waals surface area contributed by atoms with E-state index >= 15 is 0 Å².